The van der Waals surface area contributed by atoms with Gasteiger partial charge in [0.15, 0.2) is 5.82 Å². The molecule has 35 heavy (non-hydrogen) atoms. The third-order valence-corrected chi connectivity index (χ3v) is 7.39. The number of aryl methyl sites for hydroxylation is 1. The molecular weight excluding hydrogens is 448 g/mol. The standard InChI is InChI=1S/C26H24N4O5/c1-29-10-20(24(31)30-11-18-19(12-30)22(18)25(32)33)23(28-29)27-26(34)35-13-21-16-8-4-2-6-14(16)15-7-3-5-9-17(15)21/h2-10,18-19,21-22H,11-13H2,1H3,(H,32,33)(H,27,28,34)/t18-,19+,22?. The summed E-state index contributed by atoms with van der Waals surface area (Å²) in [4.78, 5) is 38.6. The second-order valence-corrected chi connectivity index (χ2v) is 9.42. The fraction of sp³-hybridized carbons (Fsp3) is 0.308. The predicted octanol–water partition coefficient (Wildman–Crippen LogP) is 3.18. The molecule has 1 aliphatic heterocycles. The summed E-state index contributed by atoms with van der Waals surface area (Å²) in [7, 11) is 1.67. The van der Waals surface area contributed by atoms with Crippen LogP contribution in [0.1, 0.15) is 27.4 Å². The molecule has 2 N–H and O–H groups in total. The first-order valence-electron chi connectivity index (χ1n) is 11.6. The van der Waals surface area contributed by atoms with Crippen molar-refractivity contribution in [2.45, 2.75) is 5.92 Å². The van der Waals surface area contributed by atoms with E-state index in [1.165, 1.54) is 4.68 Å². The number of ether oxygens (including phenoxy) is 1. The molecule has 3 atom stereocenters. The Morgan fingerprint density at radius 3 is 2.23 bits per heavy atom. The van der Waals surface area contributed by atoms with Gasteiger partial charge >= 0.3 is 12.1 Å². The Morgan fingerprint density at radius 2 is 1.63 bits per heavy atom. The number of fused-ring (bicyclic) bond motifs is 4. The van der Waals surface area contributed by atoms with E-state index in [9.17, 15) is 19.5 Å². The topological polar surface area (TPSA) is 114 Å². The molecule has 0 spiro atoms. The first kappa shape index (κ1) is 21.4. The summed E-state index contributed by atoms with van der Waals surface area (Å²) in [6.07, 6.45) is 0.870. The first-order valence-corrected chi connectivity index (χ1v) is 11.6. The molecule has 1 unspecified atom stereocenters. The number of benzene rings is 2. The molecule has 2 heterocycles. The van der Waals surface area contributed by atoms with Crippen LogP contribution in [0.4, 0.5) is 10.6 Å². The highest BCUT2D eigenvalue weighted by Gasteiger charge is 2.60. The Labute approximate surface area is 201 Å². The molecule has 9 nitrogen and oxygen atoms in total. The van der Waals surface area contributed by atoms with Gasteiger partial charge in [0.05, 0.1) is 5.92 Å². The number of amides is 2. The van der Waals surface area contributed by atoms with Crippen LogP contribution in [0.15, 0.2) is 54.7 Å². The van der Waals surface area contributed by atoms with Gasteiger partial charge in [0.1, 0.15) is 12.2 Å². The van der Waals surface area contributed by atoms with Crippen LogP contribution < -0.4 is 5.32 Å². The lowest BCUT2D eigenvalue weighted by molar-refractivity contribution is -0.139. The van der Waals surface area contributed by atoms with E-state index in [4.69, 9.17) is 4.74 Å². The van der Waals surface area contributed by atoms with Crippen molar-refractivity contribution >= 4 is 23.8 Å². The van der Waals surface area contributed by atoms with Crippen molar-refractivity contribution in [3.05, 3.63) is 71.4 Å². The van der Waals surface area contributed by atoms with Gasteiger partial charge in [0.25, 0.3) is 5.91 Å². The Morgan fingerprint density at radius 1 is 1.03 bits per heavy atom. The second-order valence-electron chi connectivity index (χ2n) is 9.42. The number of carboxylic acid groups (broad SMARTS) is 1. The molecule has 1 saturated carbocycles. The van der Waals surface area contributed by atoms with Gasteiger partial charge in [0.2, 0.25) is 0 Å². The third kappa shape index (κ3) is 3.54. The maximum Gasteiger partial charge on any atom is 0.412 e. The number of carbonyl (C=O) groups excluding carboxylic acids is 2. The number of nitrogens with zero attached hydrogens (tertiary/aromatic N) is 3. The van der Waals surface area contributed by atoms with E-state index >= 15 is 0 Å². The molecule has 2 amide bonds. The number of aliphatic carboxylic acids is 1. The summed E-state index contributed by atoms with van der Waals surface area (Å²) in [5.41, 5.74) is 4.77. The van der Waals surface area contributed by atoms with Crippen LogP contribution in [0.25, 0.3) is 11.1 Å². The normalized spacial score (nSPS) is 21.7. The van der Waals surface area contributed by atoms with E-state index in [2.05, 4.69) is 22.5 Å². The fourth-order valence-electron chi connectivity index (χ4n) is 5.70. The van der Waals surface area contributed by atoms with Crippen LogP contribution in [0.5, 0.6) is 0 Å². The van der Waals surface area contributed by atoms with Gasteiger partial charge in [-0.1, -0.05) is 48.5 Å². The molecule has 0 radical (unpaired) electrons. The van der Waals surface area contributed by atoms with E-state index in [0.717, 1.165) is 22.3 Å². The maximum absolute atomic E-state index is 13.1. The monoisotopic (exact) mass is 472 g/mol. The first-order chi connectivity index (χ1) is 16.9. The van der Waals surface area contributed by atoms with Gasteiger partial charge in [0, 0.05) is 32.3 Å². The van der Waals surface area contributed by atoms with Crippen molar-refractivity contribution in [1.82, 2.24) is 14.7 Å². The highest BCUT2D eigenvalue weighted by Crippen LogP contribution is 2.52. The number of anilines is 1. The van der Waals surface area contributed by atoms with Gasteiger partial charge in [-0.25, -0.2) is 4.79 Å². The lowest BCUT2D eigenvalue weighted by Crippen LogP contribution is -2.33. The van der Waals surface area contributed by atoms with E-state index < -0.39 is 12.1 Å². The van der Waals surface area contributed by atoms with E-state index in [0.29, 0.717) is 13.1 Å². The molecule has 1 saturated heterocycles. The Bertz CT molecular complexity index is 1310. The Balaban J connectivity index is 1.13. The zero-order valence-corrected chi connectivity index (χ0v) is 19.0. The summed E-state index contributed by atoms with van der Waals surface area (Å²) in [6, 6.07) is 16.2. The van der Waals surface area contributed by atoms with Crippen LogP contribution in [0.3, 0.4) is 0 Å². The maximum atomic E-state index is 13.1. The van der Waals surface area contributed by atoms with E-state index in [1.54, 1.807) is 18.1 Å². The lowest BCUT2D eigenvalue weighted by atomic mass is 9.98. The summed E-state index contributed by atoms with van der Waals surface area (Å²) in [5.74, 6) is -1.36. The quantitative estimate of drug-likeness (QED) is 0.590. The molecular formula is C26H24N4O5. The molecule has 2 fully saturated rings. The average molecular weight is 473 g/mol. The largest absolute Gasteiger partial charge is 0.481 e. The number of rotatable bonds is 5. The highest BCUT2D eigenvalue weighted by atomic mass is 16.5. The molecule has 2 aromatic carbocycles. The van der Waals surface area contributed by atoms with Gasteiger partial charge in [-0.05, 0) is 34.1 Å². The number of hydrogen-bond donors (Lipinski definition) is 2. The van der Waals surface area contributed by atoms with Crippen molar-refractivity contribution in [3.8, 4) is 11.1 Å². The number of piperidine rings is 1. The molecule has 2 aliphatic carbocycles. The zero-order chi connectivity index (χ0) is 24.3. The van der Waals surface area contributed by atoms with Crippen molar-refractivity contribution in [1.29, 1.82) is 0 Å². The second kappa shape index (κ2) is 7.97. The van der Waals surface area contributed by atoms with Gasteiger partial charge < -0.3 is 14.7 Å². The number of carbonyl (C=O) groups is 3. The summed E-state index contributed by atoms with van der Waals surface area (Å²) in [5, 5.41) is 16.1. The molecule has 9 heteroatoms. The van der Waals surface area contributed by atoms with Crippen LogP contribution in [-0.2, 0) is 16.6 Å². The van der Waals surface area contributed by atoms with Crippen molar-refractivity contribution < 1.29 is 24.2 Å². The predicted molar refractivity (Wildman–Crippen MR) is 126 cm³/mol. The SMILES string of the molecule is Cn1cc(C(=O)N2C[C@@H]3C(C(=O)O)[C@@H]3C2)c(NC(=O)OCC2c3ccccc3-c3ccccc32)n1. The summed E-state index contributed by atoms with van der Waals surface area (Å²) in [6.45, 7) is 0.960. The van der Waals surface area contributed by atoms with Crippen molar-refractivity contribution in [3.63, 3.8) is 0 Å². The fourth-order valence-corrected chi connectivity index (χ4v) is 5.70. The average Bonchev–Trinajstić information content (AvgIpc) is 3.14. The van der Waals surface area contributed by atoms with Gasteiger partial charge in [-0.3, -0.25) is 19.6 Å². The van der Waals surface area contributed by atoms with Crippen LogP contribution in [0.2, 0.25) is 0 Å². The molecule has 1 aromatic heterocycles. The van der Waals surface area contributed by atoms with Gasteiger partial charge in [-0.2, -0.15) is 5.10 Å². The van der Waals surface area contributed by atoms with Crippen molar-refractivity contribution in [2.24, 2.45) is 24.8 Å². The summed E-state index contributed by atoms with van der Waals surface area (Å²) < 4.78 is 7.05. The van der Waals surface area contributed by atoms with E-state index in [1.807, 2.05) is 36.4 Å². The number of nitrogens with one attached hydrogen (secondary N) is 1. The Kier molecular flexibility index (Phi) is 4.87. The molecule has 0 bridgehead atoms. The van der Waals surface area contributed by atoms with Crippen molar-refractivity contribution in [2.75, 3.05) is 25.0 Å². The number of hydrogen-bond acceptors (Lipinski definition) is 5. The van der Waals surface area contributed by atoms with Crippen LogP contribution >= 0.6 is 0 Å². The molecule has 3 aliphatic rings. The summed E-state index contributed by atoms with van der Waals surface area (Å²) >= 11 is 0. The van der Waals surface area contributed by atoms with Crippen LogP contribution in [0, 0.1) is 17.8 Å². The molecule has 178 valence electrons. The minimum Gasteiger partial charge on any atom is -0.481 e. The van der Waals surface area contributed by atoms with E-state index in [-0.39, 0.29) is 47.6 Å². The number of carboxylic acids is 1. The minimum atomic E-state index is -0.800. The lowest BCUT2D eigenvalue weighted by Gasteiger charge is -2.19. The molecule has 3 aromatic rings. The van der Waals surface area contributed by atoms with Crippen LogP contribution in [-0.4, -0.2) is 57.5 Å². The smallest absolute Gasteiger partial charge is 0.412 e. The minimum absolute atomic E-state index is 0.00617. The van der Waals surface area contributed by atoms with Gasteiger partial charge in [-0.15, -0.1) is 0 Å². The highest BCUT2D eigenvalue weighted by molar-refractivity contribution is 6.01. The zero-order valence-electron chi connectivity index (χ0n) is 19.0. The number of likely N-dealkylation sites (tertiary alicyclic amines) is 1. The Hall–Kier alpha value is -4.14. The third-order valence-electron chi connectivity index (χ3n) is 7.39. The number of aromatic nitrogens is 2. The molecule has 6 rings (SSSR count).